The minimum atomic E-state index is -4.25. The summed E-state index contributed by atoms with van der Waals surface area (Å²) < 4.78 is 64.3. The van der Waals surface area contributed by atoms with E-state index in [1.807, 2.05) is 0 Å². The first-order valence-corrected chi connectivity index (χ1v) is 7.81. The molecule has 1 aliphatic heterocycles. The van der Waals surface area contributed by atoms with E-state index in [2.05, 4.69) is 0 Å². The van der Waals surface area contributed by atoms with Crippen LogP contribution in [0.2, 0.25) is 0 Å². The summed E-state index contributed by atoms with van der Waals surface area (Å²) >= 11 is 0. The van der Waals surface area contributed by atoms with E-state index in [9.17, 15) is 26.4 Å². The number of nitrogens with zero attached hydrogens (tertiary/aromatic N) is 1. The minimum Gasteiger partial charge on any atom is -0.478 e. The predicted octanol–water partition coefficient (Wildman–Crippen LogP) is 2.19. The van der Waals surface area contributed by atoms with Gasteiger partial charge in [0.25, 0.3) is 0 Å². The van der Waals surface area contributed by atoms with Gasteiger partial charge in [0.1, 0.15) is 4.90 Å². The van der Waals surface area contributed by atoms with Gasteiger partial charge < -0.3 is 5.11 Å². The summed E-state index contributed by atoms with van der Waals surface area (Å²) in [6.07, 6.45) is -3.00. The summed E-state index contributed by atoms with van der Waals surface area (Å²) in [5, 5.41) is 8.82. The highest BCUT2D eigenvalue weighted by Gasteiger charge is 2.47. The van der Waals surface area contributed by atoms with Gasteiger partial charge in [-0.25, -0.2) is 26.4 Å². The Balaban J connectivity index is 2.27. The van der Waals surface area contributed by atoms with Crippen LogP contribution < -0.4 is 0 Å². The molecule has 0 unspecified atom stereocenters. The molecule has 0 amide bonds. The van der Waals surface area contributed by atoms with Gasteiger partial charge in [-0.3, -0.25) is 0 Å². The normalized spacial score (nSPS) is 18.2. The lowest BCUT2D eigenvalue weighted by molar-refractivity contribution is 0.00966. The molecule has 0 aromatic heterocycles. The average molecular weight is 337 g/mol. The Morgan fingerprint density at radius 1 is 1.41 bits per heavy atom. The zero-order valence-electron chi connectivity index (χ0n) is 11.6. The first kappa shape index (κ1) is 16.8. The topological polar surface area (TPSA) is 74.7 Å². The number of benzene rings is 1. The van der Waals surface area contributed by atoms with Gasteiger partial charge in [0, 0.05) is 24.9 Å². The first-order valence-electron chi connectivity index (χ1n) is 6.37. The lowest BCUT2D eigenvalue weighted by Crippen LogP contribution is -2.57. The van der Waals surface area contributed by atoms with E-state index in [0.29, 0.717) is 0 Å². The molecule has 1 fully saturated rings. The highest BCUT2D eigenvalue weighted by molar-refractivity contribution is 7.89. The van der Waals surface area contributed by atoms with Crippen LogP contribution in [-0.4, -0.2) is 43.3 Å². The Labute approximate surface area is 125 Å². The van der Waals surface area contributed by atoms with Crippen LogP contribution in [0, 0.1) is 11.2 Å². The Hall–Kier alpha value is -1.61. The molecule has 0 bridgehead atoms. The van der Waals surface area contributed by atoms with Crippen molar-refractivity contribution in [1.29, 1.82) is 0 Å². The van der Waals surface area contributed by atoms with Crippen LogP contribution in [-0.2, 0) is 10.0 Å². The van der Waals surface area contributed by atoms with E-state index in [0.717, 1.165) is 22.5 Å². The summed E-state index contributed by atoms with van der Waals surface area (Å²) in [5.74, 6) is -2.93. The van der Waals surface area contributed by atoms with Crippen molar-refractivity contribution in [3.63, 3.8) is 0 Å². The Kier molecular flexibility index (Phi) is 4.22. The molecule has 1 saturated heterocycles. The molecule has 5 nitrogen and oxygen atoms in total. The predicted molar refractivity (Wildman–Crippen MR) is 70.8 cm³/mol. The molecule has 122 valence electrons. The first-order chi connectivity index (χ1) is 10.1. The highest BCUT2D eigenvalue weighted by atomic mass is 32.2. The zero-order valence-corrected chi connectivity index (χ0v) is 12.4. The van der Waals surface area contributed by atoms with Crippen molar-refractivity contribution in [2.75, 3.05) is 13.1 Å². The van der Waals surface area contributed by atoms with Crippen molar-refractivity contribution in [3.8, 4) is 0 Å². The Morgan fingerprint density at radius 2 is 2.00 bits per heavy atom. The number of halogens is 3. The monoisotopic (exact) mass is 337 g/mol. The number of carboxylic acids is 1. The maximum Gasteiger partial charge on any atom is 0.338 e. The zero-order chi connectivity index (χ0) is 16.7. The highest BCUT2D eigenvalue weighted by Crippen LogP contribution is 2.39. The molecule has 2 rings (SSSR count). The molecule has 1 aromatic rings. The molecule has 1 N–H and O–H groups in total. The summed E-state index contributed by atoms with van der Waals surface area (Å²) in [6.45, 7) is 1.21. The van der Waals surface area contributed by atoms with Gasteiger partial charge in [0.05, 0.1) is 5.56 Å². The van der Waals surface area contributed by atoms with Crippen LogP contribution in [0.5, 0.6) is 0 Å². The van der Waals surface area contributed by atoms with Gasteiger partial charge in [-0.15, -0.1) is 0 Å². The van der Waals surface area contributed by atoms with E-state index in [-0.39, 0.29) is 13.1 Å². The van der Waals surface area contributed by atoms with Crippen molar-refractivity contribution in [2.24, 2.45) is 5.41 Å². The van der Waals surface area contributed by atoms with Crippen LogP contribution in [0.25, 0.3) is 0 Å². The Morgan fingerprint density at radius 3 is 2.50 bits per heavy atom. The van der Waals surface area contributed by atoms with Crippen LogP contribution in [0.3, 0.4) is 0 Å². The van der Waals surface area contributed by atoms with Crippen molar-refractivity contribution in [2.45, 2.75) is 24.7 Å². The quantitative estimate of drug-likeness (QED) is 0.894. The molecule has 1 aliphatic rings. The SMILES string of the molecule is CC1(CC(F)F)CN(S(=O)(=O)c2cccc(C(=O)O)c2F)C1. The van der Waals surface area contributed by atoms with Gasteiger partial charge >= 0.3 is 5.97 Å². The molecule has 0 atom stereocenters. The van der Waals surface area contributed by atoms with Crippen molar-refractivity contribution in [1.82, 2.24) is 4.31 Å². The molecule has 0 spiro atoms. The van der Waals surface area contributed by atoms with E-state index >= 15 is 0 Å². The summed E-state index contributed by atoms with van der Waals surface area (Å²) in [5.41, 5.74) is -1.61. The molecule has 22 heavy (non-hydrogen) atoms. The largest absolute Gasteiger partial charge is 0.478 e. The van der Waals surface area contributed by atoms with E-state index in [1.165, 1.54) is 6.92 Å². The molecular formula is C13H14F3NO4S. The maximum absolute atomic E-state index is 14.0. The maximum atomic E-state index is 14.0. The number of hydrogen-bond acceptors (Lipinski definition) is 3. The van der Waals surface area contributed by atoms with E-state index < -0.39 is 50.5 Å². The summed E-state index contributed by atoms with van der Waals surface area (Å²) in [4.78, 5) is 10.1. The van der Waals surface area contributed by atoms with Crippen molar-refractivity contribution >= 4 is 16.0 Å². The summed E-state index contributed by atoms with van der Waals surface area (Å²) in [7, 11) is -4.25. The fourth-order valence-corrected chi connectivity index (χ4v) is 4.32. The second kappa shape index (κ2) is 5.54. The molecule has 1 heterocycles. The molecule has 0 saturated carbocycles. The minimum absolute atomic E-state index is 0.156. The van der Waals surface area contributed by atoms with E-state index in [4.69, 9.17) is 5.11 Å². The number of sulfonamides is 1. The fraction of sp³-hybridized carbons (Fsp3) is 0.462. The Bertz CT molecular complexity index is 699. The number of carboxylic acid groups (broad SMARTS) is 1. The molecule has 9 heteroatoms. The van der Waals surface area contributed by atoms with Gasteiger partial charge in [-0.1, -0.05) is 13.0 Å². The molecule has 0 aliphatic carbocycles. The second-order valence-electron chi connectivity index (χ2n) is 5.60. The van der Waals surface area contributed by atoms with Crippen LogP contribution >= 0.6 is 0 Å². The standard InChI is InChI=1S/C13H14F3NO4S/c1-13(5-10(14)15)6-17(7-13)22(20,21)9-4-2-3-8(11(9)16)12(18)19/h2-4,10H,5-7H2,1H3,(H,18,19). The third-order valence-corrected chi connectivity index (χ3v) is 5.38. The van der Waals surface area contributed by atoms with Crippen molar-refractivity contribution < 1.29 is 31.5 Å². The van der Waals surface area contributed by atoms with Crippen molar-refractivity contribution in [3.05, 3.63) is 29.6 Å². The fourth-order valence-electron chi connectivity index (χ4n) is 2.49. The number of hydrogen-bond donors (Lipinski definition) is 1. The van der Waals surface area contributed by atoms with Crippen LogP contribution in [0.15, 0.2) is 23.1 Å². The molecule has 0 radical (unpaired) electrons. The molecule has 1 aromatic carbocycles. The second-order valence-corrected chi connectivity index (χ2v) is 7.51. The lowest BCUT2D eigenvalue weighted by atomic mass is 9.81. The van der Waals surface area contributed by atoms with Gasteiger partial charge in [0.2, 0.25) is 16.4 Å². The van der Waals surface area contributed by atoms with Crippen LogP contribution in [0.4, 0.5) is 13.2 Å². The number of carbonyl (C=O) groups is 1. The van der Waals surface area contributed by atoms with E-state index in [1.54, 1.807) is 0 Å². The van der Waals surface area contributed by atoms with Crippen LogP contribution in [0.1, 0.15) is 23.7 Å². The average Bonchev–Trinajstić information content (AvgIpc) is 2.34. The number of alkyl halides is 2. The molecular weight excluding hydrogens is 323 g/mol. The van der Waals surface area contributed by atoms with Gasteiger partial charge in [0.15, 0.2) is 5.82 Å². The number of rotatable bonds is 5. The third kappa shape index (κ3) is 2.95. The smallest absolute Gasteiger partial charge is 0.338 e. The number of aromatic carboxylic acids is 1. The van der Waals surface area contributed by atoms with Gasteiger partial charge in [-0.05, 0) is 12.1 Å². The lowest BCUT2D eigenvalue weighted by Gasteiger charge is -2.46. The third-order valence-electron chi connectivity index (χ3n) is 3.57. The van der Waals surface area contributed by atoms with Gasteiger partial charge in [-0.2, -0.15) is 4.31 Å². The summed E-state index contributed by atoms with van der Waals surface area (Å²) in [6, 6.07) is 3.03.